The number of halogens is 3. The molecule has 0 aliphatic heterocycles. The Hall–Kier alpha value is -4.22. The van der Waals surface area contributed by atoms with Crippen LogP contribution in [0.4, 0.5) is 18.9 Å². The third-order valence-corrected chi connectivity index (χ3v) is 4.21. The Kier molecular flexibility index (Phi) is 6.83. The minimum absolute atomic E-state index is 0.249. The molecule has 2 aromatic carbocycles. The van der Waals surface area contributed by atoms with Gasteiger partial charge < -0.3 is 15.4 Å². The second kappa shape index (κ2) is 9.73. The molecule has 0 bridgehead atoms. The summed E-state index contributed by atoms with van der Waals surface area (Å²) in [6, 6.07) is 7.96. The number of hydrogen-bond acceptors (Lipinski definition) is 6. The van der Waals surface area contributed by atoms with Gasteiger partial charge in [0.1, 0.15) is 0 Å². The van der Waals surface area contributed by atoms with Crippen LogP contribution in [0.5, 0.6) is 0 Å². The summed E-state index contributed by atoms with van der Waals surface area (Å²) in [6.45, 7) is -1.35. The number of rotatable bonds is 7. The van der Waals surface area contributed by atoms with Crippen molar-refractivity contribution in [1.82, 2.24) is 15.5 Å². The number of aromatic amines is 1. The van der Waals surface area contributed by atoms with Crippen molar-refractivity contribution in [3.63, 3.8) is 0 Å². The molecule has 3 rings (SSSR count). The molecule has 2 amide bonds. The lowest BCUT2D eigenvalue weighted by Gasteiger charge is -2.09. The smallest absolute Gasteiger partial charge is 0.312 e. The third-order valence-electron chi connectivity index (χ3n) is 4.21. The van der Waals surface area contributed by atoms with Gasteiger partial charge in [-0.1, -0.05) is 18.2 Å². The fourth-order valence-electron chi connectivity index (χ4n) is 2.69. The number of ether oxygens (including phenoxy) is 1. The van der Waals surface area contributed by atoms with Crippen molar-refractivity contribution < 1.29 is 32.3 Å². The van der Waals surface area contributed by atoms with Crippen LogP contribution >= 0.6 is 0 Å². The lowest BCUT2D eigenvalue weighted by Crippen LogP contribution is -2.36. The fourth-order valence-corrected chi connectivity index (χ4v) is 2.69. The predicted molar refractivity (Wildman–Crippen MR) is 105 cm³/mol. The van der Waals surface area contributed by atoms with Crippen molar-refractivity contribution >= 4 is 34.2 Å². The largest absolute Gasteiger partial charge is 0.455 e. The summed E-state index contributed by atoms with van der Waals surface area (Å²) in [5, 5.41) is 11.0. The van der Waals surface area contributed by atoms with E-state index >= 15 is 0 Å². The number of anilines is 1. The Bertz CT molecular complexity index is 1260. The van der Waals surface area contributed by atoms with E-state index in [0.29, 0.717) is 16.8 Å². The number of hydrogen-bond donors (Lipinski definition) is 3. The van der Waals surface area contributed by atoms with Crippen molar-refractivity contribution in [2.45, 2.75) is 6.42 Å². The van der Waals surface area contributed by atoms with Crippen LogP contribution in [0.15, 0.2) is 41.2 Å². The highest BCUT2D eigenvalue weighted by Gasteiger charge is 2.16. The number of amides is 2. The molecule has 0 radical (unpaired) electrons. The van der Waals surface area contributed by atoms with Crippen molar-refractivity contribution in [2.24, 2.45) is 0 Å². The molecule has 32 heavy (non-hydrogen) atoms. The molecule has 0 fully saturated rings. The van der Waals surface area contributed by atoms with Gasteiger partial charge in [-0.15, -0.1) is 0 Å². The maximum Gasteiger partial charge on any atom is 0.312 e. The predicted octanol–water partition coefficient (Wildman–Crippen LogP) is 1.18. The molecule has 0 unspecified atom stereocenters. The molecule has 3 N–H and O–H groups in total. The standard InChI is InChI=1S/C20H15F3N4O5/c21-12-5-6-13(19(23)18(12)22)25-15(28)8-24-16(29)9-32-17(30)7-14-10-3-1-2-4-11(10)20(31)27-26-14/h1-6H,7-9H2,(H,24,29)(H,25,28)(H,27,31). The summed E-state index contributed by atoms with van der Waals surface area (Å²) in [7, 11) is 0. The number of nitrogens with one attached hydrogen (secondary N) is 3. The zero-order valence-electron chi connectivity index (χ0n) is 16.2. The molecule has 1 heterocycles. The molecule has 0 aliphatic carbocycles. The molecule has 1 aromatic heterocycles. The summed E-state index contributed by atoms with van der Waals surface area (Å²) < 4.78 is 44.4. The number of fused-ring (bicyclic) bond motifs is 1. The normalized spacial score (nSPS) is 10.6. The minimum Gasteiger partial charge on any atom is -0.455 e. The van der Waals surface area contributed by atoms with Crippen molar-refractivity contribution in [3.05, 3.63) is 69.9 Å². The molecule has 166 valence electrons. The first-order valence-corrected chi connectivity index (χ1v) is 9.08. The zero-order valence-corrected chi connectivity index (χ0v) is 16.2. The maximum atomic E-state index is 13.5. The number of esters is 1. The first-order chi connectivity index (χ1) is 15.3. The lowest BCUT2D eigenvalue weighted by atomic mass is 10.1. The van der Waals surface area contributed by atoms with Gasteiger partial charge in [0.15, 0.2) is 24.1 Å². The monoisotopic (exact) mass is 448 g/mol. The maximum absolute atomic E-state index is 13.5. The quantitative estimate of drug-likeness (QED) is 0.368. The Labute approximate surface area is 177 Å². The molecule has 0 saturated heterocycles. The summed E-state index contributed by atoms with van der Waals surface area (Å²) in [5.41, 5.74) is -0.771. The molecule has 0 saturated carbocycles. The third kappa shape index (κ3) is 5.28. The van der Waals surface area contributed by atoms with E-state index in [2.05, 4.69) is 15.5 Å². The Balaban J connectivity index is 1.47. The van der Waals surface area contributed by atoms with Crippen LogP contribution in [-0.2, 0) is 25.5 Å². The first kappa shape index (κ1) is 22.5. The average molecular weight is 448 g/mol. The van der Waals surface area contributed by atoms with Crippen LogP contribution in [0.3, 0.4) is 0 Å². The van der Waals surface area contributed by atoms with Gasteiger partial charge in [-0.2, -0.15) is 5.10 Å². The molecular weight excluding hydrogens is 433 g/mol. The van der Waals surface area contributed by atoms with Gasteiger partial charge in [-0.25, -0.2) is 18.3 Å². The van der Waals surface area contributed by atoms with Gasteiger partial charge in [0.2, 0.25) is 5.91 Å². The van der Waals surface area contributed by atoms with Crippen molar-refractivity contribution in [3.8, 4) is 0 Å². The molecule has 9 nitrogen and oxygen atoms in total. The summed E-state index contributed by atoms with van der Waals surface area (Å²) >= 11 is 0. The Morgan fingerprint density at radius 2 is 1.69 bits per heavy atom. The minimum atomic E-state index is -1.75. The zero-order chi connectivity index (χ0) is 23.3. The van der Waals surface area contributed by atoms with Crippen LogP contribution in [0.25, 0.3) is 10.8 Å². The molecule has 0 atom stereocenters. The molecule has 12 heteroatoms. The molecule has 3 aromatic rings. The van der Waals surface area contributed by atoms with E-state index in [1.807, 2.05) is 5.32 Å². The van der Waals surface area contributed by atoms with Gasteiger partial charge in [0.05, 0.1) is 29.7 Å². The van der Waals surface area contributed by atoms with E-state index in [1.54, 1.807) is 24.3 Å². The van der Waals surface area contributed by atoms with E-state index in [-0.39, 0.29) is 12.1 Å². The summed E-state index contributed by atoms with van der Waals surface area (Å²) in [4.78, 5) is 47.3. The summed E-state index contributed by atoms with van der Waals surface area (Å²) in [5.74, 6) is -7.30. The van der Waals surface area contributed by atoms with Crippen LogP contribution in [0, 0.1) is 17.5 Å². The van der Waals surface area contributed by atoms with E-state index in [0.717, 1.165) is 6.07 Å². The SMILES string of the molecule is O=C(COC(=O)Cc1n[nH]c(=O)c2ccccc12)NCC(=O)Nc1ccc(F)c(F)c1F. The number of carbonyl (C=O) groups excluding carboxylic acids is 3. The number of aromatic nitrogens is 2. The van der Waals surface area contributed by atoms with Crippen LogP contribution in [0.2, 0.25) is 0 Å². The molecule has 0 aliphatic rings. The van der Waals surface area contributed by atoms with E-state index in [1.165, 1.54) is 0 Å². The molecular formula is C20H15F3N4O5. The van der Waals surface area contributed by atoms with Crippen molar-refractivity contribution in [2.75, 3.05) is 18.5 Å². The Morgan fingerprint density at radius 1 is 0.969 bits per heavy atom. The van der Waals surface area contributed by atoms with E-state index in [4.69, 9.17) is 4.74 Å². The lowest BCUT2D eigenvalue weighted by molar-refractivity contribution is -0.147. The van der Waals surface area contributed by atoms with Gasteiger partial charge in [-0.3, -0.25) is 19.2 Å². The topological polar surface area (TPSA) is 130 Å². The molecule has 0 spiro atoms. The first-order valence-electron chi connectivity index (χ1n) is 9.08. The van der Waals surface area contributed by atoms with E-state index < -0.39 is 59.6 Å². The van der Waals surface area contributed by atoms with Crippen LogP contribution < -0.4 is 16.2 Å². The highest BCUT2D eigenvalue weighted by molar-refractivity contribution is 5.95. The van der Waals surface area contributed by atoms with Gasteiger partial charge in [0, 0.05) is 5.39 Å². The van der Waals surface area contributed by atoms with Gasteiger partial charge in [0.25, 0.3) is 11.5 Å². The fraction of sp³-hybridized carbons (Fsp3) is 0.150. The highest BCUT2D eigenvalue weighted by atomic mass is 19.2. The van der Waals surface area contributed by atoms with E-state index in [9.17, 15) is 32.3 Å². The number of H-pyrrole nitrogens is 1. The van der Waals surface area contributed by atoms with Crippen molar-refractivity contribution in [1.29, 1.82) is 0 Å². The van der Waals surface area contributed by atoms with Crippen LogP contribution in [-0.4, -0.2) is 41.1 Å². The average Bonchev–Trinajstić information content (AvgIpc) is 2.79. The van der Waals surface area contributed by atoms with Crippen LogP contribution in [0.1, 0.15) is 5.69 Å². The number of carbonyl (C=O) groups is 3. The van der Waals surface area contributed by atoms with Gasteiger partial charge in [-0.05, 0) is 18.2 Å². The summed E-state index contributed by atoms with van der Waals surface area (Å²) in [6.07, 6.45) is -0.319. The second-order valence-electron chi connectivity index (χ2n) is 6.43. The highest BCUT2D eigenvalue weighted by Crippen LogP contribution is 2.19. The Morgan fingerprint density at radius 3 is 2.44 bits per heavy atom. The number of nitrogens with zero attached hydrogens (tertiary/aromatic N) is 1. The number of benzene rings is 2. The van der Waals surface area contributed by atoms with Gasteiger partial charge >= 0.3 is 5.97 Å². The second-order valence-corrected chi connectivity index (χ2v) is 6.43.